The Labute approximate surface area is 170 Å². The molecule has 0 bridgehead atoms. The van der Waals surface area contributed by atoms with Gasteiger partial charge in [-0.3, -0.25) is 14.8 Å². The van der Waals surface area contributed by atoms with Crippen molar-refractivity contribution in [2.45, 2.75) is 33.1 Å². The SMILES string of the molecule is CC(=O)N(c1nc(/C=N\n2c(C(C)(C)C)n[nH]c2=S)cs1)c1ccccc1F. The van der Waals surface area contributed by atoms with Crippen LogP contribution in [-0.2, 0) is 10.2 Å². The van der Waals surface area contributed by atoms with Crippen LogP contribution < -0.4 is 4.90 Å². The van der Waals surface area contributed by atoms with Crippen molar-refractivity contribution in [1.82, 2.24) is 19.9 Å². The van der Waals surface area contributed by atoms with Crippen LogP contribution >= 0.6 is 23.6 Å². The minimum absolute atomic E-state index is 0.153. The smallest absolute Gasteiger partial charge is 0.230 e. The van der Waals surface area contributed by atoms with Gasteiger partial charge in [0.2, 0.25) is 10.7 Å². The third kappa shape index (κ3) is 4.07. The van der Waals surface area contributed by atoms with Crippen LogP contribution in [-0.4, -0.2) is 32.0 Å². The number of nitrogens with one attached hydrogen (secondary N) is 1. The van der Waals surface area contributed by atoms with Crippen LogP contribution in [0.15, 0.2) is 34.7 Å². The molecule has 0 spiro atoms. The lowest BCUT2D eigenvalue weighted by atomic mass is 9.96. The van der Waals surface area contributed by atoms with Crippen molar-refractivity contribution in [3.63, 3.8) is 0 Å². The average Bonchev–Trinajstić information content (AvgIpc) is 3.21. The van der Waals surface area contributed by atoms with Crippen LogP contribution in [0.1, 0.15) is 39.2 Å². The molecule has 0 saturated heterocycles. The van der Waals surface area contributed by atoms with E-state index in [4.69, 9.17) is 12.2 Å². The Morgan fingerprint density at radius 2 is 2.11 bits per heavy atom. The van der Waals surface area contributed by atoms with Crippen molar-refractivity contribution in [2.24, 2.45) is 5.10 Å². The predicted octanol–water partition coefficient (Wildman–Crippen LogP) is 4.40. The van der Waals surface area contributed by atoms with E-state index in [0.717, 1.165) is 0 Å². The van der Waals surface area contributed by atoms with Gasteiger partial charge < -0.3 is 0 Å². The van der Waals surface area contributed by atoms with Crippen molar-refractivity contribution in [3.8, 4) is 0 Å². The van der Waals surface area contributed by atoms with E-state index >= 15 is 0 Å². The average molecular weight is 419 g/mol. The summed E-state index contributed by atoms with van der Waals surface area (Å²) in [6.45, 7) is 7.38. The molecule has 1 aromatic carbocycles. The van der Waals surface area contributed by atoms with Gasteiger partial charge in [-0.15, -0.1) is 11.3 Å². The van der Waals surface area contributed by atoms with E-state index in [0.29, 0.717) is 21.4 Å². The van der Waals surface area contributed by atoms with Gasteiger partial charge in [0.25, 0.3) is 0 Å². The van der Waals surface area contributed by atoms with Crippen LogP contribution in [0.3, 0.4) is 0 Å². The first-order chi connectivity index (χ1) is 13.2. The number of thiazole rings is 1. The Morgan fingerprint density at radius 1 is 1.39 bits per heavy atom. The van der Waals surface area contributed by atoms with Crippen LogP contribution in [0.4, 0.5) is 15.2 Å². The topological polar surface area (TPSA) is 79.2 Å². The highest BCUT2D eigenvalue weighted by Crippen LogP contribution is 2.30. The molecule has 3 aromatic rings. The summed E-state index contributed by atoms with van der Waals surface area (Å²) in [5.41, 5.74) is 0.416. The number of para-hydroxylation sites is 1. The number of amides is 1. The number of hydrogen-bond donors (Lipinski definition) is 1. The Kier molecular flexibility index (Phi) is 5.52. The minimum atomic E-state index is -0.498. The zero-order valence-corrected chi connectivity index (χ0v) is 17.4. The van der Waals surface area contributed by atoms with Gasteiger partial charge in [0.1, 0.15) is 5.82 Å². The van der Waals surface area contributed by atoms with Gasteiger partial charge in [-0.05, 0) is 24.4 Å². The summed E-state index contributed by atoms with van der Waals surface area (Å²) in [6, 6.07) is 6.07. The molecule has 28 heavy (non-hydrogen) atoms. The molecule has 0 aliphatic heterocycles. The molecule has 0 radical (unpaired) electrons. The first-order valence-corrected chi connectivity index (χ1v) is 9.70. The lowest BCUT2D eigenvalue weighted by molar-refractivity contribution is -0.115. The number of benzene rings is 1. The second-order valence-corrected chi connectivity index (χ2v) is 8.24. The lowest BCUT2D eigenvalue weighted by Gasteiger charge is -2.18. The molecule has 146 valence electrons. The Balaban J connectivity index is 1.94. The number of halogens is 1. The number of carbonyl (C=O) groups is 1. The maximum Gasteiger partial charge on any atom is 0.230 e. The summed E-state index contributed by atoms with van der Waals surface area (Å²) < 4.78 is 16.1. The molecule has 0 aliphatic rings. The van der Waals surface area contributed by atoms with E-state index in [-0.39, 0.29) is 17.0 Å². The quantitative estimate of drug-likeness (QED) is 0.503. The van der Waals surface area contributed by atoms with E-state index in [9.17, 15) is 9.18 Å². The molecule has 0 unspecified atom stereocenters. The van der Waals surface area contributed by atoms with Crippen LogP contribution in [0.25, 0.3) is 0 Å². The molecule has 0 saturated carbocycles. The maximum atomic E-state index is 14.2. The van der Waals surface area contributed by atoms with Crippen molar-refractivity contribution in [3.05, 3.63) is 51.8 Å². The van der Waals surface area contributed by atoms with Crippen LogP contribution in [0.2, 0.25) is 0 Å². The van der Waals surface area contributed by atoms with E-state index in [1.807, 2.05) is 20.8 Å². The standard InChI is InChI=1S/C18H19FN6OS2/c1-11(26)24(14-8-6-5-7-13(14)19)17-21-12(10-28-17)9-20-25-15(18(2,3)4)22-23-16(25)27/h5-10H,1-4H3,(H,23,27)/b20-9-. The summed E-state index contributed by atoms with van der Waals surface area (Å²) in [5.74, 6) is -0.154. The zero-order valence-electron chi connectivity index (χ0n) is 15.8. The highest BCUT2D eigenvalue weighted by atomic mass is 32.1. The molecular weight excluding hydrogens is 399 g/mol. The van der Waals surface area contributed by atoms with E-state index in [1.54, 1.807) is 17.5 Å². The largest absolute Gasteiger partial charge is 0.274 e. The summed E-state index contributed by atoms with van der Waals surface area (Å²) in [5, 5.41) is 13.4. The number of carbonyl (C=O) groups excluding carboxylic acids is 1. The third-order valence-corrected chi connectivity index (χ3v) is 4.84. The molecule has 1 amide bonds. The first kappa shape index (κ1) is 20.0. The molecule has 1 N–H and O–H groups in total. The third-order valence-electron chi connectivity index (χ3n) is 3.74. The van der Waals surface area contributed by atoms with E-state index in [1.165, 1.54) is 46.2 Å². The fraction of sp³-hybridized carbons (Fsp3) is 0.278. The second kappa shape index (κ2) is 7.72. The van der Waals surface area contributed by atoms with Crippen molar-refractivity contribution >= 4 is 46.5 Å². The number of hydrogen-bond acceptors (Lipinski definition) is 6. The number of nitrogens with zero attached hydrogens (tertiary/aromatic N) is 5. The molecule has 0 atom stereocenters. The fourth-order valence-corrected chi connectivity index (χ4v) is 3.49. The Hall–Kier alpha value is -2.72. The number of aromatic nitrogens is 4. The lowest BCUT2D eigenvalue weighted by Crippen LogP contribution is -2.23. The van der Waals surface area contributed by atoms with E-state index in [2.05, 4.69) is 20.3 Å². The predicted molar refractivity (Wildman–Crippen MR) is 110 cm³/mol. The van der Waals surface area contributed by atoms with Crippen LogP contribution in [0.5, 0.6) is 0 Å². The monoisotopic (exact) mass is 418 g/mol. The zero-order chi connectivity index (χ0) is 20.5. The summed E-state index contributed by atoms with van der Waals surface area (Å²) in [4.78, 5) is 17.8. The van der Waals surface area contributed by atoms with Gasteiger partial charge in [0.05, 0.1) is 17.6 Å². The molecule has 2 heterocycles. The maximum absolute atomic E-state index is 14.2. The highest BCUT2D eigenvalue weighted by Gasteiger charge is 2.22. The minimum Gasteiger partial charge on any atom is -0.274 e. The number of aromatic amines is 1. The summed E-state index contributed by atoms with van der Waals surface area (Å²) in [7, 11) is 0. The van der Waals surface area contributed by atoms with Gasteiger partial charge >= 0.3 is 0 Å². The molecular formula is C18H19FN6OS2. The van der Waals surface area contributed by atoms with E-state index < -0.39 is 5.82 Å². The second-order valence-electron chi connectivity index (χ2n) is 7.02. The molecule has 0 fully saturated rings. The Bertz CT molecular complexity index is 1090. The van der Waals surface area contributed by atoms with Crippen LogP contribution in [0, 0.1) is 10.6 Å². The van der Waals surface area contributed by atoms with Gasteiger partial charge in [0.15, 0.2) is 11.0 Å². The van der Waals surface area contributed by atoms with Gasteiger partial charge in [-0.2, -0.15) is 14.9 Å². The van der Waals surface area contributed by atoms with Crippen molar-refractivity contribution in [2.75, 3.05) is 4.90 Å². The molecule has 2 aromatic heterocycles. The normalized spacial score (nSPS) is 11.9. The van der Waals surface area contributed by atoms with Gasteiger partial charge in [0, 0.05) is 17.7 Å². The fourth-order valence-electron chi connectivity index (χ4n) is 2.48. The van der Waals surface area contributed by atoms with Gasteiger partial charge in [-0.1, -0.05) is 32.9 Å². The molecule has 3 rings (SSSR count). The summed E-state index contributed by atoms with van der Waals surface area (Å²) >= 11 is 6.45. The number of H-pyrrole nitrogens is 1. The molecule has 0 aliphatic carbocycles. The van der Waals surface area contributed by atoms with Crippen molar-refractivity contribution in [1.29, 1.82) is 0 Å². The van der Waals surface area contributed by atoms with Crippen molar-refractivity contribution < 1.29 is 9.18 Å². The number of rotatable bonds is 4. The van der Waals surface area contributed by atoms with Gasteiger partial charge in [-0.25, -0.2) is 9.37 Å². The molecule has 10 heteroatoms. The first-order valence-electron chi connectivity index (χ1n) is 8.41. The molecule has 7 nitrogen and oxygen atoms in total. The number of anilines is 2. The summed E-state index contributed by atoms with van der Waals surface area (Å²) in [6.07, 6.45) is 1.53. The highest BCUT2D eigenvalue weighted by molar-refractivity contribution is 7.71. The Morgan fingerprint density at radius 3 is 2.75 bits per heavy atom.